The van der Waals surface area contributed by atoms with Gasteiger partial charge in [-0.25, -0.2) is 9.36 Å². The Morgan fingerprint density at radius 3 is 0.952 bits per heavy atom. The summed E-state index contributed by atoms with van der Waals surface area (Å²) < 4.78 is 53.7. The second-order valence-corrected chi connectivity index (χ2v) is 30.8. The second-order valence-electron chi connectivity index (χ2n) is 29.6. The van der Waals surface area contributed by atoms with Crippen LogP contribution in [0.5, 0.6) is 0 Å². The first kappa shape index (κ1) is 100. The summed E-state index contributed by atoms with van der Waals surface area (Å²) in [5.41, 5.74) is 0. The van der Waals surface area contributed by atoms with Crippen LogP contribution in [0.4, 0.5) is 0 Å². The van der Waals surface area contributed by atoms with E-state index in [2.05, 4.69) is 52.2 Å². The maximum Gasteiger partial charge on any atom is 0.470 e. The third-order valence-corrected chi connectivity index (χ3v) is 19.9. The van der Waals surface area contributed by atoms with E-state index in [4.69, 9.17) is 32.9 Å². The van der Waals surface area contributed by atoms with Crippen molar-refractivity contribution in [1.29, 1.82) is 0 Å². The van der Waals surface area contributed by atoms with Crippen molar-refractivity contribution in [2.45, 2.75) is 463 Å². The molecule has 0 aromatic carbocycles. The molecule has 0 heterocycles. The van der Waals surface area contributed by atoms with Gasteiger partial charge in [-0.1, -0.05) is 311 Å². The predicted molar refractivity (Wildman–Crippen MR) is 414 cm³/mol. The van der Waals surface area contributed by atoms with Gasteiger partial charge in [0.2, 0.25) is 11.8 Å². The van der Waals surface area contributed by atoms with Crippen LogP contribution in [-0.4, -0.2) is 130 Å². The van der Waals surface area contributed by atoms with E-state index in [0.717, 1.165) is 212 Å². The third-order valence-electron chi connectivity index (χ3n) is 19.4. The maximum atomic E-state index is 14.3. The number of rotatable bonds is 78. The van der Waals surface area contributed by atoms with Gasteiger partial charge in [0, 0.05) is 19.3 Å². The third kappa shape index (κ3) is 63.2. The van der Waals surface area contributed by atoms with Crippen molar-refractivity contribution in [1.82, 2.24) is 10.6 Å². The molecule has 612 valence electrons. The van der Waals surface area contributed by atoms with Crippen LogP contribution in [0.2, 0.25) is 0 Å². The van der Waals surface area contributed by atoms with Gasteiger partial charge in [0.15, 0.2) is 12.3 Å². The van der Waals surface area contributed by atoms with E-state index < -0.39 is 118 Å². The van der Waals surface area contributed by atoms with Gasteiger partial charge in [0.05, 0.1) is 38.5 Å². The molecule has 104 heavy (non-hydrogen) atoms. The number of aliphatic hydroxyl groups is 1. The average Bonchev–Trinajstić information content (AvgIpc) is 0.861. The number of ether oxygens (including phenoxy) is 6. The van der Waals surface area contributed by atoms with Crippen LogP contribution in [0, 0.1) is 0 Å². The van der Waals surface area contributed by atoms with Gasteiger partial charge in [0.1, 0.15) is 37.1 Å². The molecule has 22 heteroatoms. The van der Waals surface area contributed by atoms with E-state index in [1.807, 2.05) is 0 Å². The number of unbranched alkanes of at least 4 members (excludes halogenated alkanes) is 42. The zero-order valence-electron chi connectivity index (χ0n) is 66.9. The van der Waals surface area contributed by atoms with Crippen molar-refractivity contribution < 1.29 is 91.1 Å². The Morgan fingerprint density at radius 2 is 0.654 bits per heavy atom. The van der Waals surface area contributed by atoms with Crippen molar-refractivity contribution in [2.75, 3.05) is 19.8 Å². The molecule has 2 amide bonds. The quantitative estimate of drug-likeness (QED) is 0.0108. The highest BCUT2D eigenvalue weighted by Crippen LogP contribution is 2.39. The van der Waals surface area contributed by atoms with E-state index >= 15 is 0 Å². The first-order valence-corrected chi connectivity index (χ1v) is 44.0. The van der Waals surface area contributed by atoms with Gasteiger partial charge < -0.3 is 59.1 Å². The van der Waals surface area contributed by atoms with Gasteiger partial charge in [0.25, 0.3) is 0 Å². The minimum atomic E-state index is -5.48. The van der Waals surface area contributed by atoms with Crippen molar-refractivity contribution in [3.8, 4) is 0 Å². The summed E-state index contributed by atoms with van der Waals surface area (Å²) in [4.78, 5) is 116. The van der Waals surface area contributed by atoms with Gasteiger partial charge in [-0.2, -0.15) is 0 Å². The van der Waals surface area contributed by atoms with Gasteiger partial charge in [-0.15, -0.1) is 0 Å². The summed E-state index contributed by atoms with van der Waals surface area (Å²) in [6, 6.07) is -3.03. The molecule has 0 spiro atoms. The van der Waals surface area contributed by atoms with Gasteiger partial charge >= 0.3 is 37.7 Å². The summed E-state index contributed by atoms with van der Waals surface area (Å²) in [7, 11) is -5.48. The molecule has 0 saturated heterocycles. The highest BCUT2D eigenvalue weighted by atomic mass is 31.2. The number of carboxylic acid groups (broad SMARTS) is 1. The van der Waals surface area contributed by atoms with Crippen LogP contribution in [0.15, 0.2) is 0 Å². The predicted octanol–water partition coefficient (Wildman–Crippen LogP) is 19.9. The number of carbonyl (C=O) groups is 7. The lowest BCUT2D eigenvalue weighted by molar-refractivity contribution is -0.217. The number of nitrogens with one attached hydrogen (secondary N) is 2. The molecule has 0 aliphatic rings. The fraction of sp³-hybridized carbons (Fsp3) is 0.915. The van der Waals surface area contributed by atoms with Gasteiger partial charge in [-0.05, 0) is 64.7 Å². The molecular formula is C82H155N2O19P. The lowest BCUT2D eigenvalue weighted by Gasteiger charge is -2.33. The van der Waals surface area contributed by atoms with Crippen molar-refractivity contribution in [3.63, 3.8) is 0 Å². The number of amides is 2. The number of hydrogen-bond acceptors (Lipinski definition) is 16. The Bertz CT molecular complexity index is 2130. The van der Waals surface area contributed by atoms with Crippen LogP contribution < -0.4 is 10.6 Å². The molecule has 8 atom stereocenters. The second kappa shape index (κ2) is 70.9. The monoisotopic (exact) mass is 1500 g/mol. The lowest BCUT2D eigenvalue weighted by Crippen LogP contribution is -2.52. The zero-order chi connectivity index (χ0) is 77.0. The highest BCUT2D eigenvalue weighted by Gasteiger charge is 2.37. The Labute approximate surface area is 631 Å². The smallest absolute Gasteiger partial charge is 0.470 e. The molecule has 0 saturated carbocycles. The summed E-state index contributed by atoms with van der Waals surface area (Å²) in [6.45, 7) is 11.7. The number of carboxylic acids is 1. The Balaban J connectivity index is 7.09. The zero-order valence-corrected chi connectivity index (χ0v) is 67.8. The number of carbonyl (C=O) groups excluding carboxylic acids is 6. The van der Waals surface area contributed by atoms with Crippen LogP contribution >= 0.6 is 7.82 Å². The molecule has 1 unspecified atom stereocenters. The van der Waals surface area contributed by atoms with Crippen LogP contribution in [-0.2, 0) is 71.1 Å². The molecule has 0 rings (SSSR count). The van der Waals surface area contributed by atoms with E-state index in [-0.39, 0.29) is 38.5 Å². The Kier molecular flexibility index (Phi) is 68.4. The number of aliphatic hydroxyl groups excluding tert-OH is 1. The fourth-order valence-corrected chi connectivity index (χ4v) is 13.6. The molecule has 0 radical (unpaired) electrons. The van der Waals surface area contributed by atoms with Crippen molar-refractivity contribution in [2.24, 2.45) is 0 Å². The number of aliphatic carboxylic acids is 1. The van der Waals surface area contributed by atoms with Gasteiger partial charge in [-0.3, -0.25) is 33.3 Å². The topological polar surface area (TPSA) is 306 Å². The molecule has 0 aliphatic carbocycles. The number of hydrogen-bond donors (Lipinski definition) is 6. The highest BCUT2D eigenvalue weighted by molar-refractivity contribution is 7.46. The number of esters is 4. The largest absolute Gasteiger partial charge is 0.480 e. The van der Waals surface area contributed by atoms with E-state index in [1.165, 1.54) is 64.7 Å². The van der Waals surface area contributed by atoms with E-state index in [1.54, 1.807) is 0 Å². The molecule has 6 N–H and O–H groups in total. The van der Waals surface area contributed by atoms with E-state index in [0.29, 0.717) is 57.8 Å². The van der Waals surface area contributed by atoms with Crippen molar-refractivity contribution in [3.05, 3.63) is 0 Å². The van der Waals surface area contributed by atoms with Crippen LogP contribution in [0.25, 0.3) is 0 Å². The van der Waals surface area contributed by atoms with Crippen LogP contribution in [0.1, 0.15) is 414 Å². The molecule has 0 aromatic rings. The van der Waals surface area contributed by atoms with Crippen LogP contribution in [0.3, 0.4) is 0 Å². The van der Waals surface area contributed by atoms with E-state index in [9.17, 15) is 58.1 Å². The number of phosphoric ester groups is 1. The molecule has 0 fully saturated rings. The SMILES string of the molecule is CCCCCCCCCCC[C@H](CC(=O)N[C@@H](CO[C@H](OC(CO)[C@H](COC(=O)C[C@@H](CCCCCCCCCCC)OC(=O)CCCCCCCCC)OP(=O)(O)O)[C@H](C)NC(=O)C[C@@H](CCCCCCCCCCC)OC(=O)CCCCCCCCC)C(=O)O)OC(=O)CCCCCCCCC. The molecule has 0 aliphatic heterocycles. The summed E-state index contributed by atoms with van der Waals surface area (Å²) in [6.07, 6.45) is 42.2. The first-order chi connectivity index (χ1) is 50.2. The molecule has 0 aromatic heterocycles. The Morgan fingerprint density at radius 1 is 0.365 bits per heavy atom. The maximum absolute atomic E-state index is 14.3. The molecular weight excluding hydrogens is 1350 g/mol. The molecule has 0 bridgehead atoms. The average molecular weight is 1500 g/mol. The molecule has 21 nitrogen and oxygen atoms in total. The normalized spacial score (nSPS) is 14.0. The summed E-state index contributed by atoms with van der Waals surface area (Å²) >= 11 is 0. The minimum Gasteiger partial charge on any atom is -0.480 e. The lowest BCUT2D eigenvalue weighted by atomic mass is 10.0. The van der Waals surface area contributed by atoms with Crippen molar-refractivity contribution >= 4 is 49.5 Å². The standard InChI is InChI=1S/C82H155N2O19P/c1-8-14-20-26-32-35-41-44-50-56-69(99-77(88)59-53-47-38-29-23-17-11-4)62-75(86)83-68(7)82(98-66-72(81(92)93)84-76(87)63-70(57-51-45-42-36-33-27-21-15-9-2)100-78(89)60-54-48-39-30-24-18-12-5)102-73(65-85)74(103-104(94,95)96)67-97-80(91)64-71(58-52-46-43-37-34-28-22-16-10-3)101-79(90)61-55-49-40-31-25-19-13-6/h68-74,82,85H,8-67H2,1-7H3,(H,83,86)(H,84,87)(H,92,93)(H2,94,95,96)/t68-,69+,70+,71+,72-,73?,74-,82+/m0/s1. The first-order valence-electron chi connectivity index (χ1n) is 42.4. The fourth-order valence-electron chi connectivity index (χ4n) is 13.0. The Hall–Kier alpha value is -3.72. The summed E-state index contributed by atoms with van der Waals surface area (Å²) in [5.74, 6) is -5.07. The number of phosphoric acid groups is 1. The summed E-state index contributed by atoms with van der Waals surface area (Å²) in [5, 5.41) is 27.0. The minimum absolute atomic E-state index is 0.176.